The van der Waals surface area contributed by atoms with Crippen LogP contribution in [0.2, 0.25) is 0 Å². The smallest absolute Gasteiger partial charge is 0.251 e. The minimum absolute atomic E-state index is 0.246. The van der Waals surface area contributed by atoms with Crippen LogP contribution in [0.4, 0.5) is 4.39 Å². The first-order chi connectivity index (χ1) is 8.48. The Balaban J connectivity index is 1.91. The van der Waals surface area contributed by atoms with Gasteiger partial charge >= 0.3 is 0 Å². The van der Waals surface area contributed by atoms with E-state index in [0.717, 1.165) is 5.71 Å². The summed E-state index contributed by atoms with van der Waals surface area (Å²) in [6.45, 7) is 4.13. The van der Waals surface area contributed by atoms with Gasteiger partial charge in [0.1, 0.15) is 5.82 Å². The van der Waals surface area contributed by atoms with E-state index in [4.69, 9.17) is 4.84 Å². The maximum Gasteiger partial charge on any atom is 0.251 e. The van der Waals surface area contributed by atoms with Crippen molar-refractivity contribution < 1.29 is 14.0 Å². The second kappa shape index (κ2) is 4.76. The van der Waals surface area contributed by atoms with Crippen LogP contribution >= 0.6 is 0 Å². The Morgan fingerprint density at radius 3 is 2.72 bits per heavy atom. The molecule has 0 bridgehead atoms. The Labute approximate surface area is 105 Å². The Hall–Kier alpha value is -1.91. The number of benzene rings is 1. The number of carbonyl (C=O) groups excluding carboxylic acids is 1. The molecule has 0 spiro atoms. The van der Waals surface area contributed by atoms with Gasteiger partial charge in [0.25, 0.3) is 5.91 Å². The fourth-order valence-corrected chi connectivity index (χ4v) is 1.86. The highest BCUT2D eigenvalue weighted by atomic mass is 19.1. The van der Waals surface area contributed by atoms with E-state index in [1.54, 1.807) is 0 Å². The number of hydrogen-bond donors (Lipinski definition) is 1. The minimum atomic E-state index is -0.486. The molecular weight excluding hydrogens is 235 g/mol. The lowest BCUT2D eigenvalue weighted by atomic mass is 10.0. The first kappa shape index (κ1) is 12.5. The van der Waals surface area contributed by atoms with Crippen molar-refractivity contribution in [2.45, 2.75) is 25.9 Å². The molecule has 0 fully saturated rings. The number of halogens is 1. The summed E-state index contributed by atoms with van der Waals surface area (Å²) < 4.78 is 12.7. The van der Waals surface area contributed by atoms with Gasteiger partial charge in [-0.25, -0.2) is 4.39 Å². The molecule has 0 aromatic heterocycles. The summed E-state index contributed by atoms with van der Waals surface area (Å²) in [5.41, 5.74) is 0.851. The SMILES string of the molecule is CC1=NOC(C)(CNC(=O)c2ccc(F)cc2)C1. The fourth-order valence-electron chi connectivity index (χ4n) is 1.86. The lowest BCUT2D eigenvalue weighted by Crippen LogP contribution is -2.40. The third-order valence-electron chi connectivity index (χ3n) is 2.78. The normalized spacial score (nSPS) is 22.3. The van der Waals surface area contributed by atoms with E-state index in [1.165, 1.54) is 24.3 Å². The van der Waals surface area contributed by atoms with Gasteiger partial charge in [-0.15, -0.1) is 0 Å². The molecule has 0 aliphatic carbocycles. The van der Waals surface area contributed by atoms with E-state index in [-0.39, 0.29) is 11.7 Å². The van der Waals surface area contributed by atoms with Gasteiger partial charge in [0, 0.05) is 12.0 Å². The second-order valence-electron chi connectivity index (χ2n) is 4.73. The topological polar surface area (TPSA) is 50.7 Å². The highest BCUT2D eigenvalue weighted by Gasteiger charge is 2.32. The Kier molecular flexibility index (Phi) is 3.32. The summed E-state index contributed by atoms with van der Waals surface area (Å²) in [5.74, 6) is -0.606. The maximum absolute atomic E-state index is 12.7. The molecule has 1 N–H and O–H groups in total. The van der Waals surface area contributed by atoms with Crippen molar-refractivity contribution in [3.05, 3.63) is 35.6 Å². The predicted molar refractivity (Wildman–Crippen MR) is 65.9 cm³/mol. The third-order valence-corrected chi connectivity index (χ3v) is 2.78. The van der Waals surface area contributed by atoms with Gasteiger partial charge in [-0.2, -0.15) is 0 Å². The Morgan fingerprint density at radius 1 is 1.50 bits per heavy atom. The third kappa shape index (κ3) is 2.85. The molecule has 96 valence electrons. The summed E-state index contributed by atoms with van der Waals surface area (Å²) in [7, 11) is 0. The predicted octanol–water partition coefficient (Wildman–Crippen LogP) is 2.11. The average molecular weight is 250 g/mol. The monoisotopic (exact) mass is 250 g/mol. The van der Waals surface area contributed by atoms with E-state index in [2.05, 4.69) is 10.5 Å². The zero-order valence-corrected chi connectivity index (χ0v) is 10.4. The molecule has 1 atom stereocenters. The van der Waals surface area contributed by atoms with Gasteiger partial charge in [-0.05, 0) is 38.1 Å². The van der Waals surface area contributed by atoms with Crippen molar-refractivity contribution in [3.8, 4) is 0 Å². The number of rotatable bonds is 3. The van der Waals surface area contributed by atoms with Crippen LogP contribution in [0, 0.1) is 5.82 Å². The van der Waals surface area contributed by atoms with E-state index in [0.29, 0.717) is 18.5 Å². The molecule has 1 aromatic carbocycles. The van der Waals surface area contributed by atoms with Crippen LogP contribution in [-0.2, 0) is 4.84 Å². The lowest BCUT2D eigenvalue weighted by molar-refractivity contribution is -0.00181. The summed E-state index contributed by atoms with van der Waals surface area (Å²) in [5, 5.41) is 6.63. The molecule has 0 saturated heterocycles. The maximum atomic E-state index is 12.7. The van der Waals surface area contributed by atoms with E-state index < -0.39 is 5.60 Å². The second-order valence-corrected chi connectivity index (χ2v) is 4.73. The number of carbonyl (C=O) groups is 1. The van der Waals surface area contributed by atoms with Crippen molar-refractivity contribution in [2.75, 3.05) is 6.54 Å². The average Bonchev–Trinajstić information content (AvgIpc) is 2.68. The van der Waals surface area contributed by atoms with Crippen molar-refractivity contribution in [2.24, 2.45) is 5.16 Å². The molecule has 1 unspecified atom stereocenters. The number of nitrogens with zero attached hydrogens (tertiary/aromatic N) is 1. The van der Waals surface area contributed by atoms with E-state index >= 15 is 0 Å². The largest absolute Gasteiger partial charge is 0.387 e. The quantitative estimate of drug-likeness (QED) is 0.893. The molecule has 0 saturated carbocycles. The van der Waals surface area contributed by atoms with E-state index in [9.17, 15) is 9.18 Å². The number of hydrogen-bond acceptors (Lipinski definition) is 3. The van der Waals surface area contributed by atoms with Gasteiger partial charge in [-0.1, -0.05) is 5.16 Å². The molecule has 5 heteroatoms. The molecular formula is C13H15FN2O2. The first-order valence-corrected chi connectivity index (χ1v) is 5.74. The fraction of sp³-hybridized carbons (Fsp3) is 0.385. The molecule has 0 radical (unpaired) electrons. The first-order valence-electron chi connectivity index (χ1n) is 5.74. The zero-order chi connectivity index (χ0) is 13.2. The minimum Gasteiger partial charge on any atom is -0.387 e. The van der Waals surface area contributed by atoms with Crippen LogP contribution in [0.3, 0.4) is 0 Å². The molecule has 1 heterocycles. The number of amides is 1. The van der Waals surface area contributed by atoms with Crippen LogP contribution in [0.5, 0.6) is 0 Å². The van der Waals surface area contributed by atoms with Gasteiger partial charge in [0.05, 0.1) is 12.3 Å². The van der Waals surface area contributed by atoms with Gasteiger partial charge in [0.2, 0.25) is 0 Å². The Bertz CT molecular complexity index is 484. The highest BCUT2D eigenvalue weighted by molar-refractivity contribution is 5.94. The summed E-state index contributed by atoms with van der Waals surface area (Å²) in [6, 6.07) is 5.42. The highest BCUT2D eigenvalue weighted by Crippen LogP contribution is 2.22. The van der Waals surface area contributed by atoms with Crippen molar-refractivity contribution >= 4 is 11.6 Å². The summed E-state index contributed by atoms with van der Waals surface area (Å²) >= 11 is 0. The van der Waals surface area contributed by atoms with Crippen LogP contribution in [0.25, 0.3) is 0 Å². The van der Waals surface area contributed by atoms with Crippen LogP contribution in [-0.4, -0.2) is 23.8 Å². The molecule has 4 nitrogen and oxygen atoms in total. The zero-order valence-electron chi connectivity index (χ0n) is 10.4. The standard InChI is InChI=1S/C13H15FN2O2/c1-9-7-13(2,18-16-9)8-15-12(17)10-3-5-11(14)6-4-10/h3-6H,7-8H2,1-2H3,(H,15,17). The lowest BCUT2D eigenvalue weighted by Gasteiger charge is -2.21. The molecule has 18 heavy (non-hydrogen) atoms. The van der Waals surface area contributed by atoms with Gasteiger partial charge < -0.3 is 10.2 Å². The number of nitrogens with one attached hydrogen (secondary N) is 1. The van der Waals surface area contributed by atoms with Crippen molar-refractivity contribution in [1.29, 1.82) is 0 Å². The molecule has 1 aromatic rings. The van der Waals surface area contributed by atoms with E-state index in [1.807, 2.05) is 13.8 Å². The van der Waals surface area contributed by atoms with Crippen LogP contribution < -0.4 is 5.32 Å². The molecule has 1 aliphatic heterocycles. The summed E-state index contributed by atoms with van der Waals surface area (Å²) in [6.07, 6.45) is 0.691. The molecule has 2 rings (SSSR count). The molecule has 1 aliphatic rings. The molecule has 1 amide bonds. The number of oxime groups is 1. The van der Waals surface area contributed by atoms with Gasteiger partial charge in [0.15, 0.2) is 5.60 Å². The van der Waals surface area contributed by atoms with Gasteiger partial charge in [-0.3, -0.25) is 4.79 Å². The van der Waals surface area contributed by atoms with Crippen LogP contribution in [0.1, 0.15) is 30.6 Å². The summed E-state index contributed by atoms with van der Waals surface area (Å²) in [4.78, 5) is 17.1. The Morgan fingerprint density at radius 2 is 2.17 bits per heavy atom. The van der Waals surface area contributed by atoms with Crippen molar-refractivity contribution in [3.63, 3.8) is 0 Å². The van der Waals surface area contributed by atoms with Crippen LogP contribution in [0.15, 0.2) is 29.4 Å². The van der Waals surface area contributed by atoms with Crippen molar-refractivity contribution in [1.82, 2.24) is 5.32 Å².